The second-order valence-electron chi connectivity index (χ2n) is 19.5. The van der Waals surface area contributed by atoms with Gasteiger partial charge in [0.25, 0.3) is 0 Å². The minimum atomic E-state index is -1.62. The Bertz CT molecular complexity index is 2590. The Kier molecular flexibility index (Phi) is 15.5. The van der Waals surface area contributed by atoms with Crippen molar-refractivity contribution in [1.29, 1.82) is 0 Å². The summed E-state index contributed by atoms with van der Waals surface area (Å²) in [5, 5.41) is 46.7. The molecule has 0 aliphatic rings. The molecule has 0 saturated heterocycles. The average molecular weight is 941 g/mol. The quantitative estimate of drug-likeness (QED) is 0.0454. The number of hydrogen-bond acceptors (Lipinski definition) is 12. The van der Waals surface area contributed by atoms with Crippen LogP contribution < -0.4 is 10.6 Å². The van der Waals surface area contributed by atoms with Crippen molar-refractivity contribution in [1.82, 2.24) is 10.6 Å². The van der Waals surface area contributed by atoms with E-state index in [0.717, 1.165) is 0 Å². The fraction of sp³-hybridized carbons (Fsp3) is 0.309. The van der Waals surface area contributed by atoms with Crippen LogP contribution in [-0.4, -0.2) is 78.1 Å². The Labute approximate surface area is 402 Å². The molecule has 14 heteroatoms. The summed E-state index contributed by atoms with van der Waals surface area (Å²) >= 11 is 0. The Balaban J connectivity index is 1.36. The Morgan fingerprint density at radius 3 is 1.01 bits per heavy atom. The van der Waals surface area contributed by atoms with Crippen molar-refractivity contribution in [2.45, 2.75) is 109 Å². The zero-order valence-corrected chi connectivity index (χ0v) is 40.5. The Hall–Kier alpha value is -7.10. The first-order chi connectivity index (χ1) is 31.9. The molecule has 0 aliphatic heterocycles. The van der Waals surface area contributed by atoms with Crippen LogP contribution >= 0.6 is 0 Å². The molecule has 0 saturated carbocycles. The fourth-order valence-corrected chi connectivity index (χ4v) is 7.20. The number of carbonyl (C=O) groups excluding carboxylic acids is 6. The molecule has 0 aliphatic carbocycles. The molecule has 5 aromatic rings. The average Bonchev–Trinajstić information content (AvgIpc) is 3.28. The van der Waals surface area contributed by atoms with E-state index in [-0.39, 0.29) is 28.0 Å². The van der Waals surface area contributed by atoms with Crippen LogP contribution in [0.5, 0.6) is 0 Å². The molecule has 14 nitrogen and oxygen atoms in total. The van der Waals surface area contributed by atoms with Crippen LogP contribution in [0.2, 0.25) is 0 Å². The Morgan fingerprint density at radius 2 is 0.725 bits per heavy atom. The molecule has 0 atom stereocenters. The van der Waals surface area contributed by atoms with Crippen molar-refractivity contribution in [2.75, 3.05) is 0 Å². The highest BCUT2D eigenvalue weighted by Crippen LogP contribution is 2.32. The van der Waals surface area contributed by atoms with Crippen LogP contribution in [0.1, 0.15) is 156 Å². The minimum Gasteiger partial charge on any atom is -0.436 e. The summed E-state index contributed by atoms with van der Waals surface area (Å²) in [5.41, 5.74) is -3.53. The van der Waals surface area contributed by atoms with Crippen molar-refractivity contribution < 1.29 is 58.7 Å². The van der Waals surface area contributed by atoms with Gasteiger partial charge >= 0.3 is 12.2 Å². The van der Waals surface area contributed by atoms with E-state index >= 15 is 0 Å². The second kappa shape index (κ2) is 20.2. The topological polar surface area (TPSA) is 226 Å². The van der Waals surface area contributed by atoms with E-state index in [1.54, 1.807) is 86.6 Å². The number of rotatable bonds is 18. The molecular formula is C55H60N2O12. The second-order valence-corrected chi connectivity index (χ2v) is 19.5. The molecule has 0 radical (unpaired) electrons. The van der Waals surface area contributed by atoms with Gasteiger partial charge < -0.3 is 35.2 Å². The van der Waals surface area contributed by atoms with Gasteiger partial charge in [-0.2, -0.15) is 0 Å². The third kappa shape index (κ3) is 13.3. The molecule has 0 heterocycles. The van der Waals surface area contributed by atoms with E-state index in [1.165, 1.54) is 104 Å². The lowest BCUT2D eigenvalue weighted by Crippen LogP contribution is -2.42. The normalized spacial score (nSPS) is 12.3. The summed E-state index contributed by atoms with van der Waals surface area (Å²) in [6.45, 7) is 18.6. The van der Waals surface area contributed by atoms with E-state index in [0.29, 0.717) is 33.4 Å². The molecule has 2 amide bonds. The molecule has 0 bridgehead atoms. The van der Waals surface area contributed by atoms with Crippen LogP contribution in [-0.2, 0) is 15.0 Å². The van der Waals surface area contributed by atoms with Gasteiger partial charge in [0, 0.05) is 28.0 Å². The van der Waals surface area contributed by atoms with Crippen molar-refractivity contribution >= 4 is 41.0 Å². The summed E-state index contributed by atoms with van der Waals surface area (Å²) in [5.74, 6) is -2.02. The number of ketones is 4. The van der Waals surface area contributed by atoms with Gasteiger partial charge in [-0.05, 0) is 109 Å². The van der Waals surface area contributed by atoms with Crippen LogP contribution in [0.4, 0.5) is 9.59 Å². The molecule has 0 aromatic heterocycles. The van der Waals surface area contributed by atoms with Crippen molar-refractivity contribution in [3.8, 4) is 0 Å². The SMILES string of the molecule is C=C(NC(=O)OC(c1ccc(C(=O)C(C)(C)O)cc1)c1ccc(C(=O)C(C)(C)O)cc1)c1cccc(C(C)(C)NC(=O)OC(c2ccc(C(=O)C(C)(C)O)cc2)c2ccc(C(=O)C(C)(C)O)cc2)c1. The standard InChI is InChI=1S/C55H60N2O12/c1-32(56-49(62)68-43(33-15-23-37(24-16-33)45(58)52(4,5)64)34-17-25-38(26-18-34)46(59)53(6,7)65)41-13-12-14-42(31-41)51(2,3)57-50(63)69-44(35-19-27-39(28-20-35)47(60)54(8,9)66)36-21-29-40(30-22-36)48(61)55(10,11)67/h12-31,43-44,64-67H,1H2,2-11H3,(H,56,62)(H,57,63). The number of amides is 2. The van der Waals surface area contributed by atoms with Gasteiger partial charge in [-0.3, -0.25) is 24.5 Å². The first-order valence-corrected chi connectivity index (χ1v) is 22.1. The number of carbonyl (C=O) groups is 6. The fourth-order valence-electron chi connectivity index (χ4n) is 7.20. The monoisotopic (exact) mass is 940 g/mol. The summed E-state index contributed by atoms with van der Waals surface area (Å²) in [6, 6.07) is 31.7. The smallest absolute Gasteiger partial charge is 0.412 e. The van der Waals surface area contributed by atoms with Crippen molar-refractivity contribution in [3.63, 3.8) is 0 Å². The van der Waals surface area contributed by atoms with E-state index < -0.39 is 75.5 Å². The first-order valence-electron chi connectivity index (χ1n) is 22.1. The maximum absolute atomic E-state index is 13.8. The number of alkyl carbamates (subject to hydrolysis) is 2. The minimum absolute atomic E-state index is 0.148. The van der Waals surface area contributed by atoms with E-state index in [2.05, 4.69) is 17.2 Å². The van der Waals surface area contributed by atoms with Crippen molar-refractivity contribution in [3.05, 3.63) is 184 Å². The molecule has 6 N–H and O–H groups in total. The molecule has 5 rings (SSSR count). The van der Waals surface area contributed by atoms with Gasteiger partial charge in [0.2, 0.25) is 0 Å². The molecule has 0 spiro atoms. The highest BCUT2D eigenvalue weighted by atomic mass is 16.6. The van der Waals surface area contributed by atoms with E-state index in [1.807, 2.05) is 0 Å². The third-order valence-electron chi connectivity index (χ3n) is 11.2. The number of nitrogens with one attached hydrogen (secondary N) is 2. The lowest BCUT2D eigenvalue weighted by molar-refractivity contribution is 0.0487. The molecule has 69 heavy (non-hydrogen) atoms. The first kappa shape index (κ1) is 52.9. The van der Waals surface area contributed by atoms with Crippen LogP contribution in [0, 0.1) is 0 Å². The van der Waals surface area contributed by atoms with Crippen LogP contribution in [0.3, 0.4) is 0 Å². The largest absolute Gasteiger partial charge is 0.436 e. The van der Waals surface area contributed by atoms with Gasteiger partial charge in [0.15, 0.2) is 35.3 Å². The predicted octanol–water partition coefficient (Wildman–Crippen LogP) is 8.74. The van der Waals surface area contributed by atoms with Crippen LogP contribution in [0.25, 0.3) is 5.70 Å². The number of Topliss-reactive ketones (excluding diaryl/α,β-unsaturated/α-hetero) is 4. The summed E-state index contributed by atoms with van der Waals surface area (Å²) in [4.78, 5) is 78.6. The molecular weight excluding hydrogens is 881 g/mol. The Morgan fingerprint density at radius 1 is 0.435 bits per heavy atom. The van der Waals surface area contributed by atoms with Crippen LogP contribution in [0.15, 0.2) is 128 Å². The zero-order valence-electron chi connectivity index (χ0n) is 40.5. The van der Waals surface area contributed by atoms with E-state index in [4.69, 9.17) is 9.47 Å². The van der Waals surface area contributed by atoms with Gasteiger partial charge in [-0.15, -0.1) is 0 Å². The number of aliphatic hydroxyl groups is 4. The molecule has 362 valence electrons. The van der Waals surface area contributed by atoms with Crippen molar-refractivity contribution in [2.24, 2.45) is 0 Å². The lowest BCUT2D eigenvalue weighted by Gasteiger charge is -2.29. The molecule has 5 aromatic carbocycles. The summed E-state index contributed by atoms with van der Waals surface area (Å²) in [6.07, 6.45) is -3.82. The van der Waals surface area contributed by atoms with Gasteiger partial charge in [0.05, 0.1) is 5.54 Å². The number of benzene rings is 5. The predicted molar refractivity (Wildman–Crippen MR) is 260 cm³/mol. The molecule has 0 fully saturated rings. The molecule has 0 unspecified atom stereocenters. The number of ether oxygens (including phenoxy) is 2. The number of hydrogen-bond donors (Lipinski definition) is 6. The highest BCUT2D eigenvalue weighted by molar-refractivity contribution is 6.03. The maximum atomic E-state index is 13.8. The highest BCUT2D eigenvalue weighted by Gasteiger charge is 2.32. The maximum Gasteiger partial charge on any atom is 0.412 e. The van der Waals surface area contributed by atoms with Gasteiger partial charge in [-0.25, -0.2) is 9.59 Å². The third-order valence-corrected chi connectivity index (χ3v) is 11.2. The summed E-state index contributed by atoms with van der Waals surface area (Å²) in [7, 11) is 0. The lowest BCUT2D eigenvalue weighted by atomic mass is 9.92. The van der Waals surface area contributed by atoms with Gasteiger partial charge in [-0.1, -0.05) is 122 Å². The van der Waals surface area contributed by atoms with Gasteiger partial charge in [0.1, 0.15) is 22.4 Å². The zero-order chi connectivity index (χ0) is 51.4. The summed E-state index contributed by atoms with van der Waals surface area (Å²) < 4.78 is 12.0. The van der Waals surface area contributed by atoms with E-state index in [9.17, 15) is 49.2 Å².